The van der Waals surface area contributed by atoms with Crippen molar-refractivity contribution in [1.29, 1.82) is 0 Å². The molecule has 2 aromatic carbocycles. The van der Waals surface area contributed by atoms with E-state index in [2.05, 4.69) is 17.1 Å². The number of hydrogen-bond acceptors (Lipinski definition) is 5. The molecule has 2 aromatic rings. The van der Waals surface area contributed by atoms with Crippen LogP contribution in [0.4, 0.5) is 4.39 Å². The Labute approximate surface area is 181 Å². The quantitative estimate of drug-likeness (QED) is 0.625. The summed E-state index contributed by atoms with van der Waals surface area (Å²) in [5, 5.41) is 2.96. The number of rotatable bonds is 8. The summed E-state index contributed by atoms with van der Waals surface area (Å²) in [4.78, 5) is 15.7. The molecule has 0 aromatic heterocycles. The minimum absolute atomic E-state index is 0.0935. The molecule has 0 spiro atoms. The zero-order chi connectivity index (χ0) is 21.6. The van der Waals surface area contributed by atoms with Crippen LogP contribution in [-0.4, -0.2) is 68.6 Å². The molecule has 9 heteroatoms. The number of carbonyl (C=O) groups is 1. The maximum atomic E-state index is 13.1. The van der Waals surface area contributed by atoms with Gasteiger partial charge in [0.15, 0.2) is 0 Å². The van der Waals surface area contributed by atoms with Crippen LogP contribution in [0.5, 0.6) is 0 Å². The smallest absolute Gasteiger partial charge is 0.252 e. The monoisotopic (exact) mass is 451 g/mol. The third-order valence-corrected chi connectivity index (χ3v) is 7.80. The second-order valence-corrected chi connectivity index (χ2v) is 10.1. The topological polar surface area (TPSA) is 69.7 Å². The van der Waals surface area contributed by atoms with Crippen LogP contribution in [0.15, 0.2) is 58.3 Å². The predicted octanol–water partition coefficient (Wildman–Crippen LogP) is 2.67. The number of thioether (sulfide) groups is 1. The highest BCUT2D eigenvalue weighted by molar-refractivity contribution is 7.99. The molecule has 1 aliphatic heterocycles. The summed E-state index contributed by atoms with van der Waals surface area (Å²) in [5.74, 6) is 0.343. The molecule has 1 N–H and O–H groups in total. The van der Waals surface area contributed by atoms with E-state index in [-0.39, 0.29) is 10.8 Å². The van der Waals surface area contributed by atoms with E-state index in [1.807, 2.05) is 24.3 Å². The maximum Gasteiger partial charge on any atom is 0.252 e. The van der Waals surface area contributed by atoms with Gasteiger partial charge in [-0.2, -0.15) is 4.31 Å². The van der Waals surface area contributed by atoms with E-state index < -0.39 is 15.8 Å². The first-order valence-corrected chi connectivity index (χ1v) is 12.3. The zero-order valence-electron chi connectivity index (χ0n) is 16.9. The second-order valence-electron chi connectivity index (χ2n) is 6.88. The Bertz CT molecular complexity index is 960. The van der Waals surface area contributed by atoms with Gasteiger partial charge >= 0.3 is 0 Å². The van der Waals surface area contributed by atoms with Crippen LogP contribution in [-0.2, 0) is 10.0 Å². The number of amides is 1. The van der Waals surface area contributed by atoms with Crippen molar-refractivity contribution >= 4 is 27.7 Å². The molecule has 1 saturated heterocycles. The van der Waals surface area contributed by atoms with Crippen LogP contribution < -0.4 is 5.32 Å². The Morgan fingerprint density at radius 1 is 1.07 bits per heavy atom. The Balaban J connectivity index is 1.47. The molecule has 1 fully saturated rings. The van der Waals surface area contributed by atoms with E-state index in [9.17, 15) is 17.6 Å². The Morgan fingerprint density at radius 2 is 1.73 bits per heavy atom. The number of sulfonamides is 1. The lowest BCUT2D eigenvalue weighted by molar-refractivity contribution is 0.0942. The van der Waals surface area contributed by atoms with Crippen molar-refractivity contribution in [2.24, 2.45) is 0 Å². The fraction of sp³-hybridized carbons (Fsp3) is 0.381. The van der Waals surface area contributed by atoms with Crippen LogP contribution in [0.25, 0.3) is 0 Å². The lowest BCUT2D eigenvalue weighted by Gasteiger charge is -2.34. The van der Waals surface area contributed by atoms with Gasteiger partial charge in [0.2, 0.25) is 10.0 Å². The van der Waals surface area contributed by atoms with Crippen LogP contribution in [0, 0.1) is 5.82 Å². The molecule has 1 amide bonds. The Morgan fingerprint density at radius 3 is 2.40 bits per heavy atom. The van der Waals surface area contributed by atoms with E-state index in [1.165, 1.54) is 16.4 Å². The van der Waals surface area contributed by atoms with E-state index in [1.54, 1.807) is 11.8 Å². The highest BCUT2D eigenvalue weighted by Crippen LogP contribution is 2.22. The number of carbonyl (C=O) groups excluding carboxylic acids is 1. The number of nitrogens with one attached hydrogen (secondary N) is 1. The van der Waals surface area contributed by atoms with Crippen molar-refractivity contribution in [3.63, 3.8) is 0 Å². The van der Waals surface area contributed by atoms with Gasteiger partial charge in [-0.15, -0.1) is 11.8 Å². The Kier molecular flexibility index (Phi) is 7.87. The lowest BCUT2D eigenvalue weighted by Crippen LogP contribution is -2.50. The number of benzene rings is 2. The highest BCUT2D eigenvalue weighted by atomic mass is 32.2. The normalized spacial score (nSPS) is 15.8. The maximum absolute atomic E-state index is 13.1. The summed E-state index contributed by atoms with van der Waals surface area (Å²) in [7, 11) is -3.61. The molecule has 6 nitrogen and oxygen atoms in total. The molecule has 162 valence electrons. The third-order valence-electron chi connectivity index (χ3n) is 4.93. The lowest BCUT2D eigenvalue weighted by atomic mass is 10.2. The third kappa shape index (κ3) is 5.60. The minimum atomic E-state index is -3.61. The first-order valence-electron chi connectivity index (χ1n) is 9.90. The molecule has 0 saturated carbocycles. The van der Waals surface area contributed by atoms with E-state index in [4.69, 9.17) is 0 Å². The molecule has 0 unspecified atom stereocenters. The van der Waals surface area contributed by atoms with Gasteiger partial charge in [0, 0.05) is 44.2 Å². The predicted molar refractivity (Wildman–Crippen MR) is 117 cm³/mol. The number of piperazine rings is 1. The van der Waals surface area contributed by atoms with Crippen LogP contribution in [0.2, 0.25) is 0 Å². The van der Waals surface area contributed by atoms with Crippen molar-refractivity contribution in [1.82, 2.24) is 14.5 Å². The fourth-order valence-corrected chi connectivity index (χ4v) is 5.53. The molecular formula is C21H26FN3O3S2. The van der Waals surface area contributed by atoms with Crippen molar-refractivity contribution in [3.05, 3.63) is 59.9 Å². The molecule has 1 aliphatic rings. The van der Waals surface area contributed by atoms with Crippen molar-refractivity contribution < 1.29 is 17.6 Å². The first-order chi connectivity index (χ1) is 14.4. The summed E-state index contributed by atoms with van der Waals surface area (Å²) in [6.07, 6.45) is 0. The average molecular weight is 452 g/mol. The molecule has 30 heavy (non-hydrogen) atoms. The molecule has 3 rings (SSSR count). The van der Waals surface area contributed by atoms with Crippen LogP contribution in [0.1, 0.15) is 17.3 Å². The Hall–Kier alpha value is -1.94. The minimum Gasteiger partial charge on any atom is -0.351 e. The van der Waals surface area contributed by atoms with Crippen LogP contribution in [0.3, 0.4) is 0 Å². The first kappa shape index (κ1) is 22.7. The number of nitrogens with zero attached hydrogens (tertiary/aromatic N) is 2. The van der Waals surface area contributed by atoms with Crippen molar-refractivity contribution in [2.75, 3.05) is 45.0 Å². The second kappa shape index (κ2) is 10.4. The summed E-state index contributed by atoms with van der Waals surface area (Å²) in [6.45, 7) is 5.09. The fourth-order valence-electron chi connectivity index (χ4n) is 3.31. The molecular weight excluding hydrogens is 425 g/mol. The van der Waals surface area contributed by atoms with Crippen molar-refractivity contribution in [3.8, 4) is 0 Å². The van der Waals surface area contributed by atoms with Gasteiger partial charge in [-0.05, 0) is 42.2 Å². The molecule has 1 heterocycles. The summed E-state index contributed by atoms with van der Waals surface area (Å²) < 4.78 is 39.8. The largest absolute Gasteiger partial charge is 0.351 e. The molecule has 0 bridgehead atoms. The van der Waals surface area contributed by atoms with Crippen LogP contribution >= 0.6 is 11.8 Å². The summed E-state index contributed by atoms with van der Waals surface area (Å²) >= 11 is 1.64. The van der Waals surface area contributed by atoms with Gasteiger partial charge in [0.1, 0.15) is 5.82 Å². The molecule has 0 atom stereocenters. The summed E-state index contributed by atoms with van der Waals surface area (Å²) in [6, 6.07) is 12.5. The highest BCUT2D eigenvalue weighted by Gasteiger charge is 2.28. The van der Waals surface area contributed by atoms with Gasteiger partial charge in [-0.3, -0.25) is 9.69 Å². The molecule has 0 aliphatic carbocycles. The zero-order valence-corrected chi connectivity index (χ0v) is 18.5. The van der Waals surface area contributed by atoms with Gasteiger partial charge < -0.3 is 5.32 Å². The van der Waals surface area contributed by atoms with E-state index >= 15 is 0 Å². The number of halogens is 1. The number of hydrogen-bond donors (Lipinski definition) is 1. The summed E-state index contributed by atoms with van der Waals surface area (Å²) in [5.41, 5.74) is 0.680. The van der Waals surface area contributed by atoms with E-state index in [0.717, 1.165) is 22.8 Å². The van der Waals surface area contributed by atoms with Gasteiger partial charge in [0.05, 0.1) is 10.5 Å². The SMILES string of the molecule is CCSc1ccccc1C(=O)NCCN1CCN(S(=O)(=O)c2ccc(F)cc2)CC1. The standard InChI is InChI=1S/C21H26FN3O3S2/c1-2-29-20-6-4-3-5-19(20)21(26)23-11-12-24-13-15-25(16-14-24)30(27,28)18-9-7-17(22)8-10-18/h3-10H,2,11-16H2,1H3,(H,23,26). The van der Waals surface area contributed by atoms with Gasteiger partial charge in [0.25, 0.3) is 5.91 Å². The van der Waals surface area contributed by atoms with E-state index in [0.29, 0.717) is 44.8 Å². The van der Waals surface area contributed by atoms with Crippen molar-refractivity contribution in [2.45, 2.75) is 16.7 Å². The van der Waals surface area contributed by atoms with Gasteiger partial charge in [-0.1, -0.05) is 19.1 Å². The van der Waals surface area contributed by atoms with Gasteiger partial charge in [-0.25, -0.2) is 12.8 Å². The molecule has 0 radical (unpaired) electrons. The average Bonchev–Trinajstić information content (AvgIpc) is 2.75.